The van der Waals surface area contributed by atoms with Crippen LogP contribution in [0, 0.1) is 0 Å². The number of rotatable bonds is 4. The van der Waals surface area contributed by atoms with E-state index < -0.39 is 7.74 Å². The van der Waals surface area contributed by atoms with E-state index in [-0.39, 0.29) is 7.47 Å². The fourth-order valence-corrected chi connectivity index (χ4v) is 19.1. The zero-order chi connectivity index (χ0) is 14.7. The van der Waals surface area contributed by atoms with Gasteiger partial charge in [0.05, 0.1) is 0 Å². The molecule has 0 amide bonds. The lowest BCUT2D eigenvalue weighted by Gasteiger charge is -2.47. The van der Waals surface area contributed by atoms with Gasteiger partial charge in [0.15, 0.2) is 0 Å². The highest BCUT2D eigenvalue weighted by atomic mass is 31.4. The minimum absolute atomic E-state index is 0.268. The van der Waals surface area contributed by atoms with Gasteiger partial charge in [-0.3, -0.25) is 0 Å². The van der Waals surface area contributed by atoms with Crippen molar-refractivity contribution in [3.05, 3.63) is 23.4 Å². The van der Waals surface area contributed by atoms with Gasteiger partial charge >= 0.3 is 0 Å². The van der Waals surface area contributed by atoms with Gasteiger partial charge in [0.2, 0.25) is 0 Å². The SMILES string of the molecule is C[Si](C)(C1=CCC=C1)P(C1CCCCC1)C1CCCCC1. The number of allylic oxidation sites excluding steroid dienone is 4. The van der Waals surface area contributed by atoms with Crippen LogP contribution in [0.3, 0.4) is 0 Å². The fraction of sp³-hybridized carbons (Fsp3) is 0.789. The molecule has 0 N–H and O–H groups in total. The molecule has 0 bridgehead atoms. The smallest absolute Gasteiger partial charge is 0.107 e. The van der Waals surface area contributed by atoms with E-state index in [1.807, 2.05) is 5.20 Å². The van der Waals surface area contributed by atoms with Crippen molar-refractivity contribution in [1.29, 1.82) is 0 Å². The van der Waals surface area contributed by atoms with Crippen LogP contribution in [0.25, 0.3) is 0 Å². The Kier molecular flexibility index (Phi) is 5.44. The largest absolute Gasteiger partial charge is 0.107 e. The third-order valence-electron chi connectivity index (χ3n) is 6.06. The maximum atomic E-state index is 2.73. The molecule has 0 heterocycles. The van der Waals surface area contributed by atoms with Crippen LogP contribution in [0.5, 0.6) is 0 Å². The Bertz CT molecular complexity index is 380. The summed E-state index contributed by atoms with van der Waals surface area (Å²) < 4.78 is 0. The van der Waals surface area contributed by atoms with Crippen LogP contribution in [0.2, 0.25) is 13.1 Å². The summed E-state index contributed by atoms with van der Waals surface area (Å²) in [5.41, 5.74) is 2.24. The van der Waals surface area contributed by atoms with Crippen molar-refractivity contribution in [3.63, 3.8) is 0 Å². The summed E-state index contributed by atoms with van der Waals surface area (Å²) in [5.74, 6) is 0. The van der Waals surface area contributed by atoms with Gasteiger partial charge in [0, 0.05) is 0 Å². The maximum absolute atomic E-state index is 2.73. The first kappa shape index (κ1) is 16.0. The number of hydrogen-bond acceptors (Lipinski definition) is 0. The van der Waals surface area contributed by atoms with Crippen molar-refractivity contribution in [2.75, 3.05) is 0 Å². The van der Waals surface area contributed by atoms with Gasteiger partial charge in [-0.25, -0.2) is 0 Å². The van der Waals surface area contributed by atoms with Crippen LogP contribution in [-0.2, 0) is 0 Å². The lowest BCUT2D eigenvalue weighted by atomic mass is 10.00. The van der Waals surface area contributed by atoms with E-state index in [1.165, 1.54) is 44.9 Å². The van der Waals surface area contributed by atoms with Crippen LogP contribution in [0.4, 0.5) is 0 Å². The summed E-state index contributed by atoms with van der Waals surface area (Å²) in [6.45, 7) is 5.45. The second-order valence-electron chi connectivity index (χ2n) is 7.85. The lowest BCUT2D eigenvalue weighted by molar-refractivity contribution is 0.487. The molecule has 0 saturated heterocycles. The van der Waals surface area contributed by atoms with E-state index in [4.69, 9.17) is 0 Å². The van der Waals surface area contributed by atoms with Gasteiger partial charge in [0.1, 0.15) is 7.74 Å². The van der Waals surface area contributed by atoms with E-state index in [2.05, 4.69) is 31.3 Å². The van der Waals surface area contributed by atoms with Crippen LogP contribution in [0.1, 0.15) is 70.6 Å². The van der Waals surface area contributed by atoms with Crippen molar-refractivity contribution >= 4 is 15.2 Å². The molecule has 0 aromatic rings. The Morgan fingerprint density at radius 1 is 0.857 bits per heavy atom. The predicted molar refractivity (Wildman–Crippen MR) is 100.0 cm³/mol. The average molecular weight is 321 g/mol. The molecule has 3 aliphatic carbocycles. The van der Waals surface area contributed by atoms with Gasteiger partial charge in [-0.2, -0.15) is 0 Å². The molecule has 118 valence electrons. The summed E-state index contributed by atoms with van der Waals surface area (Å²) in [5, 5.41) is 1.81. The van der Waals surface area contributed by atoms with Gasteiger partial charge in [0.25, 0.3) is 0 Å². The molecule has 3 aliphatic rings. The highest BCUT2D eigenvalue weighted by molar-refractivity contribution is 7.96. The maximum Gasteiger partial charge on any atom is 0.107 e. The third kappa shape index (κ3) is 3.56. The Morgan fingerprint density at radius 3 is 1.81 bits per heavy atom. The first-order valence-corrected chi connectivity index (χ1v) is 14.7. The zero-order valence-corrected chi connectivity index (χ0v) is 16.0. The van der Waals surface area contributed by atoms with Crippen molar-refractivity contribution in [2.24, 2.45) is 0 Å². The highest BCUT2D eigenvalue weighted by Crippen LogP contribution is 2.63. The molecule has 2 fully saturated rings. The van der Waals surface area contributed by atoms with E-state index >= 15 is 0 Å². The van der Waals surface area contributed by atoms with E-state index in [0.29, 0.717) is 0 Å². The Morgan fingerprint density at radius 2 is 1.38 bits per heavy atom. The molecule has 0 unspecified atom stereocenters. The van der Waals surface area contributed by atoms with Crippen molar-refractivity contribution < 1.29 is 0 Å². The fourth-order valence-electron chi connectivity index (χ4n) is 4.99. The summed E-state index contributed by atoms with van der Waals surface area (Å²) in [7, 11) is -0.967. The molecule has 0 nitrogen and oxygen atoms in total. The van der Waals surface area contributed by atoms with Crippen LogP contribution >= 0.6 is 7.47 Å². The van der Waals surface area contributed by atoms with E-state index in [9.17, 15) is 0 Å². The summed E-state index contributed by atoms with van der Waals surface area (Å²) in [4.78, 5) is 0. The summed E-state index contributed by atoms with van der Waals surface area (Å²) in [6, 6.07) is 0. The standard InChI is InChI=1S/C19H33PSi/c1-21(2,19-15-9-10-16-19)20(17-11-5-3-6-12-17)18-13-7-4-8-14-18/h9,15-18H,3-8,10-14H2,1-2H3. The zero-order valence-electron chi connectivity index (χ0n) is 14.1. The van der Waals surface area contributed by atoms with Gasteiger partial charge in [-0.1, -0.05) is 75.0 Å². The van der Waals surface area contributed by atoms with Crippen molar-refractivity contribution in [1.82, 2.24) is 0 Å². The highest BCUT2D eigenvalue weighted by Gasteiger charge is 2.43. The Hall–Kier alpha value is 0.127. The lowest BCUT2D eigenvalue weighted by Crippen LogP contribution is -2.37. The topological polar surface area (TPSA) is 0 Å². The monoisotopic (exact) mass is 320 g/mol. The third-order valence-corrected chi connectivity index (χ3v) is 18.6. The molecule has 3 rings (SSSR count). The molecular formula is C19H33PSi. The van der Waals surface area contributed by atoms with Crippen LogP contribution in [-0.4, -0.2) is 19.1 Å². The molecule has 0 aromatic heterocycles. The molecule has 0 spiro atoms. The molecule has 0 atom stereocenters. The average Bonchev–Trinajstić information content (AvgIpc) is 3.04. The van der Waals surface area contributed by atoms with E-state index in [1.54, 1.807) is 25.7 Å². The summed E-state index contributed by atoms with van der Waals surface area (Å²) >= 11 is 0. The molecule has 0 aromatic carbocycles. The molecule has 0 aliphatic heterocycles. The predicted octanol–water partition coefficient (Wildman–Crippen LogP) is 6.76. The molecule has 2 heteroatoms. The Labute approximate surface area is 134 Å². The van der Waals surface area contributed by atoms with Crippen LogP contribution in [0.15, 0.2) is 23.4 Å². The first-order valence-electron chi connectivity index (χ1n) is 9.35. The molecular weight excluding hydrogens is 287 g/mol. The quantitative estimate of drug-likeness (QED) is 0.396. The second-order valence-corrected chi connectivity index (χ2v) is 18.7. The van der Waals surface area contributed by atoms with Crippen LogP contribution < -0.4 is 0 Å². The summed E-state index contributed by atoms with van der Waals surface area (Å²) in [6.07, 6.45) is 24.1. The van der Waals surface area contributed by atoms with Gasteiger partial charge in [-0.15, -0.1) is 7.47 Å². The van der Waals surface area contributed by atoms with Gasteiger partial charge < -0.3 is 0 Å². The van der Waals surface area contributed by atoms with E-state index in [0.717, 1.165) is 11.3 Å². The molecule has 21 heavy (non-hydrogen) atoms. The minimum atomic E-state index is -1.24. The second kappa shape index (κ2) is 7.13. The minimum Gasteiger partial charge on any atom is -0.107 e. The molecule has 0 radical (unpaired) electrons. The normalized spacial score (nSPS) is 25.6. The Balaban J connectivity index is 1.84. The molecule has 2 saturated carbocycles. The van der Waals surface area contributed by atoms with Gasteiger partial charge in [-0.05, 0) is 43.4 Å². The number of hydrogen-bond donors (Lipinski definition) is 0. The van der Waals surface area contributed by atoms with Crippen molar-refractivity contribution in [3.8, 4) is 0 Å². The first-order chi connectivity index (χ1) is 10.2. The van der Waals surface area contributed by atoms with Crippen molar-refractivity contribution in [2.45, 2.75) is 95.0 Å².